The standard InChI is InChI=1S/C9H7Cl2N3O4/c10-7(11)9(15)18-13-8(12)5-1-3-6(4-2-5)14(16)17/h1-4,7H,(H2,12,13). The maximum atomic E-state index is 10.9. The van der Waals surface area contributed by atoms with Crippen LogP contribution in [0.25, 0.3) is 0 Å². The SMILES string of the molecule is N/C(=N\OC(=O)C(Cl)Cl)c1ccc([N+](=O)[O-])cc1. The number of nitrogens with zero attached hydrogens (tertiary/aromatic N) is 2. The maximum Gasteiger partial charge on any atom is 0.367 e. The lowest BCUT2D eigenvalue weighted by molar-refractivity contribution is -0.384. The van der Waals surface area contributed by atoms with E-state index in [1.807, 2.05) is 0 Å². The molecular formula is C9H7Cl2N3O4. The molecule has 0 aromatic heterocycles. The molecule has 9 heteroatoms. The number of amidine groups is 1. The number of halogens is 2. The molecule has 96 valence electrons. The third kappa shape index (κ3) is 3.86. The number of nitro benzene ring substituents is 1. The van der Waals surface area contributed by atoms with E-state index < -0.39 is 15.7 Å². The highest BCUT2D eigenvalue weighted by molar-refractivity contribution is 6.52. The van der Waals surface area contributed by atoms with Crippen LogP contribution in [0.3, 0.4) is 0 Å². The molecule has 0 heterocycles. The predicted molar refractivity (Wildman–Crippen MR) is 65.4 cm³/mol. The first-order valence-corrected chi connectivity index (χ1v) is 5.36. The molecule has 0 aliphatic heterocycles. The van der Waals surface area contributed by atoms with Crippen molar-refractivity contribution in [1.29, 1.82) is 0 Å². The van der Waals surface area contributed by atoms with E-state index in [0.717, 1.165) is 0 Å². The fourth-order valence-corrected chi connectivity index (χ4v) is 1.02. The van der Waals surface area contributed by atoms with Gasteiger partial charge in [0.1, 0.15) is 0 Å². The number of non-ortho nitro benzene ring substituents is 1. The Labute approximate surface area is 111 Å². The molecule has 7 nitrogen and oxygen atoms in total. The van der Waals surface area contributed by atoms with Crippen molar-refractivity contribution in [2.75, 3.05) is 0 Å². The number of alkyl halides is 2. The summed E-state index contributed by atoms with van der Waals surface area (Å²) in [6, 6.07) is 5.21. The number of rotatable bonds is 4. The molecule has 0 saturated carbocycles. The quantitative estimate of drug-likeness (QED) is 0.226. The largest absolute Gasteiger partial charge is 0.380 e. The molecule has 0 bridgehead atoms. The van der Waals surface area contributed by atoms with E-state index in [9.17, 15) is 14.9 Å². The zero-order chi connectivity index (χ0) is 13.7. The van der Waals surface area contributed by atoms with Crippen molar-refractivity contribution >= 4 is 40.7 Å². The normalized spacial score (nSPS) is 11.4. The Balaban J connectivity index is 2.78. The van der Waals surface area contributed by atoms with Crippen molar-refractivity contribution in [3.63, 3.8) is 0 Å². The van der Waals surface area contributed by atoms with Crippen LogP contribution in [0, 0.1) is 10.1 Å². The summed E-state index contributed by atoms with van der Waals surface area (Å²) in [6.45, 7) is 0. The van der Waals surface area contributed by atoms with E-state index in [4.69, 9.17) is 28.9 Å². The van der Waals surface area contributed by atoms with E-state index >= 15 is 0 Å². The predicted octanol–water partition coefficient (Wildman–Crippen LogP) is 1.56. The van der Waals surface area contributed by atoms with Gasteiger partial charge in [-0.25, -0.2) is 4.79 Å². The van der Waals surface area contributed by atoms with Crippen LogP contribution in [-0.2, 0) is 9.63 Å². The highest BCUT2D eigenvalue weighted by Gasteiger charge is 2.13. The van der Waals surface area contributed by atoms with Crippen LogP contribution in [-0.4, -0.2) is 21.6 Å². The van der Waals surface area contributed by atoms with Gasteiger partial charge < -0.3 is 10.6 Å². The molecule has 2 N–H and O–H groups in total. The average molecular weight is 292 g/mol. The van der Waals surface area contributed by atoms with Crippen LogP contribution >= 0.6 is 23.2 Å². The monoisotopic (exact) mass is 291 g/mol. The minimum absolute atomic E-state index is 0.0925. The summed E-state index contributed by atoms with van der Waals surface area (Å²) in [5.41, 5.74) is 5.75. The topological polar surface area (TPSA) is 108 Å². The van der Waals surface area contributed by atoms with Gasteiger partial charge in [-0.1, -0.05) is 28.4 Å². The average Bonchev–Trinajstić information content (AvgIpc) is 2.35. The second-order valence-corrected chi connectivity index (χ2v) is 4.09. The summed E-state index contributed by atoms with van der Waals surface area (Å²) >= 11 is 10.4. The van der Waals surface area contributed by atoms with Crippen LogP contribution in [0.2, 0.25) is 0 Å². The number of benzene rings is 1. The van der Waals surface area contributed by atoms with Crippen LogP contribution in [0.1, 0.15) is 5.56 Å². The molecule has 0 spiro atoms. The van der Waals surface area contributed by atoms with Gasteiger partial charge in [-0.2, -0.15) is 0 Å². The summed E-state index contributed by atoms with van der Waals surface area (Å²) in [7, 11) is 0. The Morgan fingerprint density at radius 1 is 1.39 bits per heavy atom. The smallest absolute Gasteiger partial charge is 0.367 e. The van der Waals surface area contributed by atoms with Gasteiger partial charge in [-0.15, -0.1) is 0 Å². The molecule has 0 aliphatic carbocycles. The summed E-state index contributed by atoms with van der Waals surface area (Å²) < 4.78 is 0. The fourth-order valence-electron chi connectivity index (χ4n) is 0.941. The van der Waals surface area contributed by atoms with Crippen molar-refractivity contribution in [1.82, 2.24) is 0 Å². The number of carbonyl (C=O) groups excluding carboxylic acids is 1. The number of nitrogens with two attached hydrogens (primary N) is 1. The fraction of sp³-hybridized carbons (Fsp3) is 0.111. The number of carbonyl (C=O) groups is 1. The Hall–Kier alpha value is -1.86. The zero-order valence-corrected chi connectivity index (χ0v) is 10.3. The van der Waals surface area contributed by atoms with Crippen molar-refractivity contribution in [2.24, 2.45) is 10.9 Å². The van der Waals surface area contributed by atoms with Crippen LogP contribution in [0.15, 0.2) is 29.4 Å². The van der Waals surface area contributed by atoms with Gasteiger partial charge in [0.15, 0.2) is 5.84 Å². The molecule has 1 rings (SSSR count). The lowest BCUT2D eigenvalue weighted by Gasteiger charge is -2.01. The summed E-state index contributed by atoms with van der Waals surface area (Å²) in [6.07, 6.45) is 0. The molecule has 18 heavy (non-hydrogen) atoms. The molecule has 0 unspecified atom stereocenters. The van der Waals surface area contributed by atoms with E-state index in [1.165, 1.54) is 24.3 Å². The lowest BCUT2D eigenvalue weighted by Crippen LogP contribution is -2.17. The van der Waals surface area contributed by atoms with E-state index in [1.54, 1.807) is 0 Å². The minimum Gasteiger partial charge on any atom is -0.380 e. The Morgan fingerprint density at radius 2 is 1.94 bits per heavy atom. The Bertz CT molecular complexity index is 487. The molecule has 0 aliphatic rings. The Kier molecular flexibility index (Phi) is 4.87. The van der Waals surface area contributed by atoms with Crippen LogP contribution < -0.4 is 5.73 Å². The number of hydrogen-bond acceptors (Lipinski definition) is 5. The molecule has 1 aromatic carbocycles. The molecule has 0 fully saturated rings. The minimum atomic E-state index is -1.36. The van der Waals surface area contributed by atoms with Crippen LogP contribution in [0.5, 0.6) is 0 Å². The first-order chi connectivity index (χ1) is 8.41. The van der Waals surface area contributed by atoms with Crippen LogP contribution in [0.4, 0.5) is 5.69 Å². The van der Waals surface area contributed by atoms with E-state index in [2.05, 4.69) is 9.99 Å². The third-order valence-corrected chi connectivity index (χ3v) is 2.14. The van der Waals surface area contributed by atoms with Gasteiger partial charge in [-0.3, -0.25) is 10.1 Å². The van der Waals surface area contributed by atoms with Crippen molar-refractivity contribution in [3.05, 3.63) is 39.9 Å². The molecule has 0 atom stereocenters. The van der Waals surface area contributed by atoms with Crippen molar-refractivity contribution in [2.45, 2.75) is 4.84 Å². The lowest BCUT2D eigenvalue weighted by atomic mass is 10.2. The van der Waals surface area contributed by atoms with Gasteiger partial charge >= 0.3 is 5.97 Å². The summed E-state index contributed by atoms with van der Waals surface area (Å²) in [4.78, 5) is 23.7. The Morgan fingerprint density at radius 3 is 2.39 bits per heavy atom. The maximum absolute atomic E-state index is 10.9. The zero-order valence-electron chi connectivity index (χ0n) is 8.75. The highest BCUT2D eigenvalue weighted by atomic mass is 35.5. The van der Waals surface area contributed by atoms with Gasteiger partial charge in [0.25, 0.3) is 5.69 Å². The molecule has 0 radical (unpaired) electrons. The first kappa shape index (κ1) is 14.2. The highest BCUT2D eigenvalue weighted by Crippen LogP contribution is 2.12. The number of oxime groups is 1. The summed E-state index contributed by atoms with van der Waals surface area (Å²) in [5, 5.41) is 13.7. The molecule has 0 saturated heterocycles. The van der Waals surface area contributed by atoms with Gasteiger partial charge in [-0.05, 0) is 12.1 Å². The third-order valence-electron chi connectivity index (χ3n) is 1.79. The second kappa shape index (κ2) is 6.18. The van der Waals surface area contributed by atoms with E-state index in [-0.39, 0.29) is 11.5 Å². The molecule has 1 aromatic rings. The second-order valence-electron chi connectivity index (χ2n) is 2.99. The van der Waals surface area contributed by atoms with E-state index in [0.29, 0.717) is 5.56 Å². The van der Waals surface area contributed by atoms with Crippen molar-refractivity contribution in [3.8, 4) is 0 Å². The summed E-state index contributed by atoms with van der Waals surface area (Å²) in [5.74, 6) is -1.10. The number of hydrogen-bond donors (Lipinski definition) is 1. The first-order valence-electron chi connectivity index (χ1n) is 4.49. The molecule has 0 amide bonds. The van der Waals surface area contributed by atoms with Gasteiger partial charge in [0.05, 0.1) is 4.92 Å². The van der Waals surface area contributed by atoms with Gasteiger partial charge in [0.2, 0.25) is 4.84 Å². The van der Waals surface area contributed by atoms with Crippen molar-refractivity contribution < 1.29 is 14.6 Å². The molecular weight excluding hydrogens is 285 g/mol. The van der Waals surface area contributed by atoms with Gasteiger partial charge in [0, 0.05) is 17.7 Å². The number of nitro groups is 1.